The molecule has 23 heavy (non-hydrogen) atoms. The smallest absolute Gasteiger partial charge is 0.198 e. The summed E-state index contributed by atoms with van der Waals surface area (Å²) >= 11 is 0. The molecule has 0 aromatic heterocycles. The number of carbonyl (C=O) groups is 2. The fraction of sp³-hybridized carbons (Fsp3) is 0.222. The molecule has 2 aromatic rings. The monoisotopic (exact) mass is 312 g/mol. The van der Waals surface area contributed by atoms with E-state index in [1.807, 2.05) is 13.0 Å². The first kappa shape index (κ1) is 15.1. The molecule has 0 fully saturated rings. The number of hydrogen-bond acceptors (Lipinski definition) is 5. The van der Waals surface area contributed by atoms with E-state index in [1.54, 1.807) is 18.2 Å². The van der Waals surface area contributed by atoms with Crippen LogP contribution in [0.15, 0.2) is 24.3 Å². The van der Waals surface area contributed by atoms with Crippen molar-refractivity contribution in [3.63, 3.8) is 0 Å². The molecule has 0 aliphatic heterocycles. The minimum atomic E-state index is -0.271. The van der Waals surface area contributed by atoms with E-state index in [0.717, 1.165) is 5.56 Å². The van der Waals surface area contributed by atoms with Crippen molar-refractivity contribution in [2.75, 3.05) is 21.3 Å². The van der Waals surface area contributed by atoms with E-state index < -0.39 is 0 Å². The molecule has 5 nitrogen and oxygen atoms in total. The SMILES string of the molecule is COc1cc(OC)c2c(c1OC)C(=O)c1cc(C)ccc1C2=O. The zero-order valence-corrected chi connectivity index (χ0v) is 13.4. The van der Waals surface area contributed by atoms with Gasteiger partial charge in [0.05, 0.1) is 32.5 Å². The van der Waals surface area contributed by atoms with E-state index >= 15 is 0 Å². The van der Waals surface area contributed by atoms with Gasteiger partial charge in [0, 0.05) is 17.2 Å². The van der Waals surface area contributed by atoms with Crippen LogP contribution in [-0.2, 0) is 0 Å². The molecule has 0 bridgehead atoms. The maximum atomic E-state index is 13.0. The molecule has 1 aliphatic carbocycles. The molecular weight excluding hydrogens is 296 g/mol. The summed E-state index contributed by atoms with van der Waals surface area (Å²) in [7, 11) is 4.36. The number of carbonyl (C=O) groups excluding carboxylic acids is 2. The molecule has 1 aliphatic rings. The van der Waals surface area contributed by atoms with Crippen molar-refractivity contribution >= 4 is 11.6 Å². The van der Waals surface area contributed by atoms with Gasteiger partial charge >= 0.3 is 0 Å². The number of methoxy groups -OCH3 is 3. The van der Waals surface area contributed by atoms with Crippen molar-refractivity contribution in [3.05, 3.63) is 52.1 Å². The van der Waals surface area contributed by atoms with Crippen LogP contribution < -0.4 is 14.2 Å². The van der Waals surface area contributed by atoms with Crippen molar-refractivity contribution < 1.29 is 23.8 Å². The fourth-order valence-corrected chi connectivity index (χ4v) is 2.89. The highest BCUT2D eigenvalue weighted by Gasteiger charge is 2.36. The quantitative estimate of drug-likeness (QED) is 0.744. The maximum absolute atomic E-state index is 13.0. The Morgan fingerprint density at radius 3 is 2.00 bits per heavy atom. The predicted molar refractivity (Wildman–Crippen MR) is 84.1 cm³/mol. The van der Waals surface area contributed by atoms with Gasteiger partial charge in [-0.25, -0.2) is 0 Å². The minimum absolute atomic E-state index is 0.187. The van der Waals surface area contributed by atoms with Crippen LogP contribution in [0.2, 0.25) is 0 Å². The molecule has 0 radical (unpaired) electrons. The molecule has 5 heteroatoms. The predicted octanol–water partition coefficient (Wildman–Crippen LogP) is 2.80. The summed E-state index contributed by atoms with van der Waals surface area (Å²) in [5.41, 5.74) is 2.05. The summed E-state index contributed by atoms with van der Waals surface area (Å²) in [4.78, 5) is 25.9. The molecule has 0 saturated carbocycles. The van der Waals surface area contributed by atoms with Crippen LogP contribution in [0.1, 0.15) is 37.4 Å². The molecule has 0 spiro atoms. The van der Waals surface area contributed by atoms with Crippen LogP contribution in [-0.4, -0.2) is 32.9 Å². The third-order valence-electron chi connectivity index (χ3n) is 3.97. The minimum Gasteiger partial charge on any atom is -0.496 e. The van der Waals surface area contributed by atoms with E-state index in [2.05, 4.69) is 0 Å². The first-order valence-corrected chi connectivity index (χ1v) is 7.06. The van der Waals surface area contributed by atoms with Gasteiger partial charge < -0.3 is 14.2 Å². The van der Waals surface area contributed by atoms with Crippen molar-refractivity contribution in [1.82, 2.24) is 0 Å². The first-order valence-electron chi connectivity index (χ1n) is 7.06. The Bertz CT molecular complexity index is 836. The number of ketones is 2. The van der Waals surface area contributed by atoms with Crippen molar-refractivity contribution in [1.29, 1.82) is 0 Å². The van der Waals surface area contributed by atoms with Crippen LogP contribution in [0.25, 0.3) is 0 Å². The Morgan fingerprint density at radius 2 is 1.39 bits per heavy atom. The number of ether oxygens (including phenoxy) is 3. The van der Waals surface area contributed by atoms with E-state index in [4.69, 9.17) is 14.2 Å². The molecule has 2 aromatic carbocycles. The van der Waals surface area contributed by atoms with Crippen LogP contribution in [0, 0.1) is 6.92 Å². The van der Waals surface area contributed by atoms with Gasteiger partial charge in [-0.2, -0.15) is 0 Å². The van der Waals surface area contributed by atoms with Gasteiger partial charge in [0.25, 0.3) is 0 Å². The molecule has 0 amide bonds. The Kier molecular flexibility index (Phi) is 3.56. The third-order valence-corrected chi connectivity index (χ3v) is 3.97. The number of rotatable bonds is 3. The fourth-order valence-electron chi connectivity index (χ4n) is 2.89. The summed E-state index contributed by atoms with van der Waals surface area (Å²) in [5.74, 6) is 0.358. The number of benzene rings is 2. The molecule has 0 N–H and O–H groups in total. The number of fused-ring (bicyclic) bond motifs is 2. The van der Waals surface area contributed by atoms with Gasteiger partial charge in [0.1, 0.15) is 5.75 Å². The summed E-state index contributed by atoms with van der Waals surface area (Å²) in [5, 5.41) is 0. The number of hydrogen-bond donors (Lipinski definition) is 0. The summed E-state index contributed by atoms with van der Waals surface area (Å²) < 4.78 is 15.9. The maximum Gasteiger partial charge on any atom is 0.198 e. The Morgan fingerprint density at radius 1 is 0.739 bits per heavy atom. The molecular formula is C18H16O5. The highest BCUT2D eigenvalue weighted by molar-refractivity contribution is 6.30. The van der Waals surface area contributed by atoms with Gasteiger partial charge in [0.2, 0.25) is 0 Å². The lowest BCUT2D eigenvalue weighted by molar-refractivity contribution is 0.0973. The largest absolute Gasteiger partial charge is 0.496 e. The summed E-state index contributed by atoms with van der Waals surface area (Å²) in [6.45, 7) is 1.87. The van der Waals surface area contributed by atoms with Crippen LogP contribution in [0.3, 0.4) is 0 Å². The lowest BCUT2D eigenvalue weighted by Gasteiger charge is -2.23. The van der Waals surface area contributed by atoms with E-state index in [9.17, 15) is 9.59 Å². The second-order valence-electron chi connectivity index (χ2n) is 5.27. The molecule has 118 valence electrons. The standard InChI is InChI=1S/C18H16O5/c1-9-5-6-10-11(7-9)17(20)15-14(16(10)19)12(21-2)8-13(22-3)18(15)23-4/h5-8H,1-4H3. The number of aryl methyl sites for hydroxylation is 1. The van der Waals surface area contributed by atoms with Crippen molar-refractivity contribution in [3.8, 4) is 17.2 Å². The van der Waals surface area contributed by atoms with Gasteiger partial charge in [-0.1, -0.05) is 17.7 Å². The summed E-state index contributed by atoms with van der Waals surface area (Å²) in [6, 6.07) is 6.75. The van der Waals surface area contributed by atoms with Crippen LogP contribution in [0.5, 0.6) is 17.2 Å². The highest BCUT2D eigenvalue weighted by atomic mass is 16.5. The van der Waals surface area contributed by atoms with E-state index in [-0.39, 0.29) is 28.4 Å². The topological polar surface area (TPSA) is 61.8 Å². The van der Waals surface area contributed by atoms with Crippen molar-refractivity contribution in [2.24, 2.45) is 0 Å². The zero-order valence-electron chi connectivity index (χ0n) is 13.4. The zero-order chi connectivity index (χ0) is 16.7. The molecule has 0 unspecified atom stereocenters. The molecule has 0 heterocycles. The van der Waals surface area contributed by atoms with Crippen LogP contribution >= 0.6 is 0 Å². The van der Waals surface area contributed by atoms with Gasteiger partial charge in [-0.05, 0) is 13.0 Å². The molecule has 3 rings (SSSR count). The molecule has 0 atom stereocenters. The van der Waals surface area contributed by atoms with E-state index in [0.29, 0.717) is 22.6 Å². The Hall–Kier alpha value is -2.82. The Labute approximate surface area is 133 Å². The second-order valence-corrected chi connectivity index (χ2v) is 5.27. The van der Waals surface area contributed by atoms with Crippen molar-refractivity contribution in [2.45, 2.75) is 6.92 Å². The first-order chi connectivity index (χ1) is 11.0. The highest BCUT2D eigenvalue weighted by Crippen LogP contribution is 2.44. The average molecular weight is 312 g/mol. The van der Waals surface area contributed by atoms with Gasteiger partial charge in [-0.15, -0.1) is 0 Å². The molecule has 0 saturated heterocycles. The summed E-state index contributed by atoms with van der Waals surface area (Å²) in [6.07, 6.45) is 0. The van der Waals surface area contributed by atoms with Gasteiger partial charge in [0.15, 0.2) is 23.1 Å². The second kappa shape index (κ2) is 5.43. The Balaban J connectivity index is 2.40. The normalized spacial score (nSPS) is 12.5. The average Bonchev–Trinajstić information content (AvgIpc) is 2.57. The van der Waals surface area contributed by atoms with E-state index in [1.165, 1.54) is 21.3 Å². The lowest BCUT2D eigenvalue weighted by Crippen LogP contribution is -2.23. The third kappa shape index (κ3) is 2.08. The lowest BCUT2D eigenvalue weighted by atomic mass is 9.82. The van der Waals surface area contributed by atoms with Gasteiger partial charge in [-0.3, -0.25) is 9.59 Å². The van der Waals surface area contributed by atoms with Crippen LogP contribution in [0.4, 0.5) is 0 Å².